The van der Waals surface area contributed by atoms with Gasteiger partial charge in [0.05, 0.1) is 19.2 Å². The van der Waals surface area contributed by atoms with Crippen molar-refractivity contribution in [3.8, 4) is 5.75 Å². The van der Waals surface area contributed by atoms with Gasteiger partial charge < -0.3 is 4.74 Å². The number of nitrogens with one attached hydrogen (secondary N) is 1. The number of hydrogen-bond donors (Lipinski definition) is 1. The van der Waals surface area contributed by atoms with Crippen LogP contribution in [0.3, 0.4) is 0 Å². The first-order chi connectivity index (χ1) is 15.3. The van der Waals surface area contributed by atoms with Gasteiger partial charge in [-0.25, -0.2) is 17.5 Å². The zero-order chi connectivity index (χ0) is 22.9. The summed E-state index contributed by atoms with van der Waals surface area (Å²) in [7, 11) is -2.68. The molecule has 4 rings (SSSR count). The fourth-order valence-electron chi connectivity index (χ4n) is 3.33. The normalized spacial score (nSPS) is 13.4. The highest BCUT2D eigenvalue weighted by Crippen LogP contribution is 2.28. The van der Waals surface area contributed by atoms with Crippen LogP contribution in [-0.4, -0.2) is 37.2 Å². The predicted octanol–water partition coefficient (Wildman–Crippen LogP) is 2.50. The Hall–Kier alpha value is -3.63. The molecule has 0 spiro atoms. The zero-order valence-electron chi connectivity index (χ0n) is 16.9. The topological polar surface area (TPSA) is 106 Å². The SMILES string of the molecule is COc1ccc(CN2C(=O)c3cccnc3C2=O)cc1S(=O)(=O)NCc1ccc(F)cc1. The lowest BCUT2D eigenvalue weighted by Gasteiger charge is -2.16. The van der Waals surface area contributed by atoms with E-state index in [9.17, 15) is 22.4 Å². The van der Waals surface area contributed by atoms with Crippen molar-refractivity contribution in [1.82, 2.24) is 14.6 Å². The lowest BCUT2D eigenvalue weighted by Crippen LogP contribution is -2.29. The number of carbonyl (C=O) groups is 2. The number of imide groups is 1. The molecule has 10 heteroatoms. The van der Waals surface area contributed by atoms with Crippen molar-refractivity contribution in [2.24, 2.45) is 0 Å². The van der Waals surface area contributed by atoms with E-state index in [-0.39, 0.29) is 35.0 Å². The molecule has 0 fully saturated rings. The Bertz CT molecular complexity index is 1270. The Balaban J connectivity index is 1.58. The highest BCUT2D eigenvalue weighted by atomic mass is 32.2. The molecule has 0 unspecified atom stereocenters. The maximum Gasteiger partial charge on any atom is 0.280 e. The van der Waals surface area contributed by atoms with Gasteiger partial charge in [0, 0.05) is 12.7 Å². The molecule has 164 valence electrons. The molecule has 2 aromatic carbocycles. The highest BCUT2D eigenvalue weighted by Gasteiger charge is 2.36. The molecular formula is C22H18FN3O5S. The number of sulfonamides is 1. The van der Waals surface area contributed by atoms with Crippen LogP contribution in [0.4, 0.5) is 4.39 Å². The Morgan fingerprint density at radius 2 is 1.75 bits per heavy atom. The summed E-state index contributed by atoms with van der Waals surface area (Å²) >= 11 is 0. The minimum atomic E-state index is -4.02. The zero-order valence-corrected chi connectivity index (χ0v) is 17.7. The van der Waals surface area contributed by atoms with Gasteiger partial charge in [0.1, 0.15) is 22.2 Å². The first kappa shape index (κ1) is 21.6. The molecule has 1 aromatic heterocycles. The number of pyridine rings is 1. The molecule has 32 heavy (non-hydrogen) atoms. The minimum Gasteiger partial charge on any atom is -0.495 e. The molecule has 3 aromatic rings. The molecule has 1 aliphatic rings. The number of carbonyl (C=O) groups excluding carboxylic acids is 2. The molecule has 0 bridgehead atoms. The average Bonchev–Trinajstić information content (AvgIpc) is 3.04. The third-order valence-electron chi connectivity index (χ3n) is 4.97. The standard InChI is InChI=1S/C22H18FN3O5S/c1-31-18-9-6-15(13-26-21(27)17-3-2-10-24-20(17)22(26)28)11-19(18)32(29,30)25-12-14-4-7-16(23)8-5-14/h2-11,25H,12-13H2,1H3. The van der Waals surface area contributed by atoms with Crippen molar-refractivity contribution in [2.45, 2.75) is 18.0 Å². The van der Waals surface area contributed by atoms with Gasteiger partial charge in [-0.1, -0.05) is 18.2 Å². The predicted molar refractivity (Wildman–Crippen MR) is 112 cm³/mol. The summed E-state index contributed by atoms with van der Waals surface area (Å²) in [6, 6.07) is 12.9. The second-order valence-corrected chi connectivity index (χ2v) is 8.77. The smallest absolute Gasteiger partial charge is 0.280 e. The number of aromatic nitrogens is 1. The van der Waals surface area contributed by atoms with E-state index in [0.717, 1.165) is 4.90 Å². The number of ether oxygens (including phenoxy) is 1. The molecule has 2 heterocycles. The number of fused-ring (bicyclic) bond motifs is 1. The maximum absolute atomic E-state index is 13.1. The van der Waals surface area contributed by atoms with Crippen molar-refractivity contribution in [1.29, 1.82) is 0 Å². The number of amides is 2. The third kappa shape index (κ3) is 4.10. The molecule has 0 radical (unpaired) electrons. The van der Waals surface area contributed by atoms with Gasteiger partial charge in [0.15, 0.2) is 0 Å². The van der Waals surface area contributed by atoms with Crippen LogP contribution < -0.4 is 9.46 Å². The number of methoxy groups -OCH3 is 1. The van der Waals surface area contributed by atoms with Crippen LogP contribution in [-0.2, 0) is 23.1 Å². The van der Waals surface area contributed by atoms with Crippen molar-refractivity contribution in [3.05, 3.63) is 89.0 Å². The van der Waals surface area contributed by atoms with E-state index >= 15 is 0 Å². The fourth-order valence-corrected chi connectivity index (χ4v) is 4.56. The van der Waals surface area contributed by atoms with Gasteiger partial charge in [-0.3, -0.25) is 19.5 Å². The Labute approximate surface area is 183 Å². The molecule has 1 aliphatic heterocycles. The van der Waals surface area contributed by atoms with E-state index < -0.39 is 27.7 Å². The van der Waals surface area contributed by atoms with E-state index in [2.05, 4.69) is 9.71 Å². The maximum atomic E-state index is 13.1. The Morgan fingerprint density at radius 3 is 2.44 bits per heavy atom. The molecule has 0 atom stereocenters. The molecular weight excluding hydrogens is 437 g/mol. The summed E-state index contributed by atoms with van der Waals surface area (Å²) in [5.41, 5.74) is 1.27. The number of hydrogen-bond acceptors (Lipinski definition) is 6. The average molecular weight is 455 g/mol. The van der Waals surface area contributed by atoms with Gasteiger partial charge in [0.25, 0.3) is 11.8 Å². The number of rotatable bonds is 7. The Morgan fingerprint density at radius 1 is 1.03 bits per heavy atom. The molecule has 0 aliphatic carbocycles. The molecule has 2 amide bonds. The van der Waals surface area contributed by atoms with Crippen LogP contribution in [0.5, 0.6) is 5.75 Å². The van der Waals surface area contributed by atoms with Crippen LogP contribution in [0.25, 0.3) is 0 Å². The van der Waals surface area contributed by atoms with Crippen molar-refractivity contribution in [3.63, 3.8) is 0 Å². The quantitative estimate of drug-likeness (QED) is 0.549. The van der Waals surface area contributed by atoms with Gasteiger partial charge in [0.2, 0.25) is 10.0 Å². The third-order valence-corrected chi connectivity index (χ3v) is 6.39. The summed E-state index contributed by atoms with van der Waals surface area (Å²) in [4.78, 5) is 30.0. The first-order valence-electron chi connectivity index (χ1n) is 9.52. The van der Waals surface area contributed by atoms with Crippen molar-refractivity contribution >= 4 is 21.8 Å². The summed E-state index contributed by atoms with van der Waals surface area (Å²) < 4.78 is 46.6. The summed E-state index contributed by atoms with van der Waals surface area (Å²) in [5, 5.41) is 0. The number of nitrogens with zero attached hydrogens (tertiary/aromatic N) is 2. The molecule has 1 N–H and O–H groups in total. The molecule has 0 saturated carbocycles. The number of benzene rings is 2. The molecule has 8 nitrogen and oxygen atoms in total. The van der Waals surface area contributed by atoms with Gasteiger partial charge in [-0.15, -0.1) is 0 Å². The van der Waals surface area contributed by atoms with E-state index in [1.54, 1.807) is 12.1 Å². The van der Waals surface area contributed by atoms with Gasteiger partial charge in [-0.05, 0) is 47.5 Å². The lowest BCUT2D eigenvalue weighted by molar-refractivity contribution is 0.0640. The van der Waals surface area contributed by atoms with E-state index in [1.807, 2.05) is 0 Å². The van der Waals surface area contributed by atoms with Gasteiger partial charge in [-0.2, -0.15) is 0 Å². The van der Waals surface area contributed by atoms with Crippen LogP contribution in [0.2, 0.25) is 0 Å². The number of halogens is 1. The van der Waals surface area contributed by atoms with Crippen molar-refractivity contribution in [2.75, 3.05) is 7.11 Å². The monoisotopic (exact) mass is 455 g/mol. The fraction of sp³-hybridized carbons (Fsp3) is 0.136. The van der Waals surface area contributed by atoms with Gasteiger partial charge >= 0.3 is 0 Å². The van der Waals surface area contributed by atoms with Crippen LogP contribution >= 0.6 is 0 Å². The second-order valence-electron chi connectivity index (χ2n) is 7.03. The minimum absolute atomic E-state index is 0.0555. The summed E-state index contributed by atoms with van der Waals surface area (Å²) in [6.07, 6.45) is 1.43. The van der Waals surface area contributed by atoms with Crippen LogP contribution in [0, 0.1) is 5.82 Å². The van der Waals surface area contributed by atoms with Crippen LogP contribution in [0.1, 0.15) is 32.0 Å². The van der Waals surface area contributed by atoms with Crippen molar-refractivity contribution < 1.29 is 27.1 Å². The lowest BCUT2D eigenvalue weighted by atomic mass is 10.2. The highest BCUT2D eigenvalue weighted by molar-refractivity contribution is 7.89. The summed E-state index contributed by atoms with van der Waals surface area (Å²) in [6.45, 7) is -0.182. The van der Waals surface area contributed by atoms with E-state index in [4.69, 9.17) is 4.74 Å². The Kier molecular flexibility index (Phi) is 5.72. The second kappa shape index (κ2) is 8.48. The first-order valence-corrected chi connectivity index (χ1v) is 11.0. The summed E-state index contributed by atoms with van der Waals surface area (Å²) in [5.74, 6) is -1.35. The largest absolute Gasteiger partial charge is 0.495 e. The molecule has 0 saturated heterocycles. The van der Waals surface area contributed by atoms with Crippen LogP contribution in [0.15, 0.2) is 65.7 Å². The van der Waals surface area contributed by atoms with E-state index in [0.29, 0.717) is 11.1 Å². The van der Waals surface area contributed by atoms with E-state index in [1.165, 1.54) is 55.8 Å².